The van der Waals surface area contributed by atoms with Gasteiger partial charge in [-0.25, -0.2) is 0 Å². The number of aliphatic hydroxyl groups excluding tert-OH is 1. The highest BCUT2D eigenvalue weighted by Crippen LogP contribution is 2.38. The molecule has 2 heterocycles. The van der Waals surface area contributed by atoms with Crippen LogP contribution in [0.5, 0.6) is 0 Å². The van der Waals surface area contributed by atoms with Crippen LogP contribution in [0, 0.1) is 0 Å². The van der Waals surface area contributed by atoms with E-state index in [9.17, 15) is 5.11 Å². The Bertz CT molecular complexity index is 728. The van der Waals surface area contributed by atoms with Crippen molar-refractivity contribution in [1.29, 1.82) is 0 Å². The highest BCUT2D eigenvalue weighted by molar-refractivity contribution is 7.99. The Morgan fingerprint density at radius 3 is 2.46 bits per heavy atom. The predicted molar refractivity (Wildman–Crippen MR) is 108 cm³/mol. The molecule has 0 spiro atoms. The minimum Gasteiger partial charge on any atom is -0.387 e. The topological polar surface area (TPSA) is 57.2 Å². The first-order valence-corrected chi connectivity index (χ1v) is 10.7. The number of ether oxygens (including phenoxy) is 4. The van der Waals surface area contributed by atoms with E-state index in [1.54, 1.807) is 11.8 Å². The maximum absolute atomic E-state index is 10.9. The van der Waals surface area contributed by atoms with Crippen LogP contribution in [-0.2, 0) is 25.6 Å². The zero-order valence-corrected chi connectivity index (χ0v) is 16.7. The summed E-state index contributed by atoms with van der Waals surface area (Å²) >= 11 is 1.58. The molecule has 2 fully saturated rings. The van der Waals surface area contributed by atoms with E-state index in [-0.39, 0.29) is 11.5 Å². The molecule has 0 radical (unpaired) electrons. The summed E-state index contributed by atoms with van der Waals surface area (Å²) in [6.45, 7) is 2.87. The molecule has 6 unspecified atom stereocenters. The first kappa shape index (κ1) is 19.9. The van der Waals surface area contributed by atoms with Crippen LogP contribution in [0.25, 0.3) is 0 Å². The van der Waals surface area contributed by atoms with E-state index in [2.05, 4.69) is 0 Å². The van der Waals surface area contributed by atoms with Crippen LogP contribution in [0.4, 0.5) is 0 Å². The third-order valence-corrected chi connectivity index (χ3v) is 6.05. The standard InChI is InChI=1S/C22H26O5S/c1-2-28-22-18(23)20(24-13-15-9-5-3-6-10-15)19-17(26-22)14-25-21(27-19)16-11-7-4-8-12-16/h3-12,17-23H,2,13-14H2,1H3. The van der Waals surface area contributed by atoms with Crippen LogP contribution in [0.3, 0.4) is 0 Å². The molecule has 0 saturated carbocycles. The summed E-state index contributed by atoms with van der Waals surface area (Å²) in [5.41, 5.74) is 1.65. The molecule has 28 heavy (non-hydrogen) atoms. The van der Waals surface area contributed by atoms with Crippen LogP contribution >= 0.6 is 11.8 Å². The Labute approximate surface area is 169 Å². The van der Waals surface area contributed by atoms with Gasteiger partial charge in [-0.3, -0.25) is 0 Å². The average molecular weight is 403 g/mol. The summed E-state index contributed by atoms with van der Waals surface area (Å²) in [6, 6.07) is 19.8. The summed E-state index contributed by atoms with van der Waals surface area (Å²) in [6.07, 6.45) is -2.42. The van der Waals surface area contributed by atoms with Gasteiger partial charge in [-0.2, -0.15) is 0 Å². The molecular formula is C22H26O5S. The minimum atomic E-state index is -0.774. The van der Waals surface area contributed by atoms with Crippen LogP contribution in [-0.4, -0.2) is 47.3 Å². The first-order chi connectivity index (χ1) is 13.8. The number of aliphatic hydroxyl groups is 1. The molecule has 2 aromatic carbocycles. The monoisotopic (exact) mass is 402 g/mol. The van der Waals surface area contributed by atoms with Gasteiger partial charge in [-0.15, -0.1) is 11.8 Å². The molecule has 2 saturated heterocycles. The third kappa shape index (κ3) is 4.43. The fraction of sp³-hybridized carbons (Fsp3) is 0.455. The lowest BCUT2D eigenvalue weighted by Crippen LogP contribution is -2.61. The van der Waals surface area contributed by atoms with Gasteiger partial charge >= 0.3 is 0 Å². The molecule has 2 aromatic rings. The molecule has 2 aliphatic heterocycles. The molecule has 0 bridgehead atoms. The highest BCUT2D eigenvalue weighted by Gasteiger charge is 2.50. The molecule has 6 heteroatoms. The van der Waals surface area contributed by atoms with Gasteiger partial charge in [-0.05, 0) is 11.3 Å². The Kier molecular flexibility index (Phi) is 6.67. The Morgan fingerprint density at radius 1 is 1.04 bits per heavy atom. The Morgan fingerprint density at radius 2 is 1.75 bits per heavy atom. The van der Waals surface area contributed by atoms with E-state index in [0.717, 1.165) is 16.9 Å². The average Bonchev–Trinajstić information content (AvgIpc) is 2.75. The zero-order chi connectivity index (χ0) is 19.3. The molecule has 4 rings (SSSR count). The summed E-state index contributed by atoms with van der Waals surface area (Å²) in [4.78, 5) is 0. The van der Waals surface area contributed by atoms with E-state index >= 15 is 0 Å². The highest BCUT2D eigenvalue weighted by atomic mass is 32.2. The van der Waals surface area contributed by atoms with Gasteiger partial charge in [0.2, 0.25) is 0 Å². The van der Waals surface area contributed by atoms with Gasteiger partial charge in [0.25, 0.3) is 0 Å². The Hall–Kier alpha value is -1.41. The van der Waals surface area contributed by atoms with Crippen LogP contribution in [0.2, 0.25) is 0 Å². The molecule has 0 amide bonds. The Balaban J connectivity index is 1.52. The number of thioether (sulfide) groups is 1. The van der Waals surface area contributed by atoms with Crippen molar-refractivity contribution in [3.05, 3.63) is 71.8 Å². The maximum Gasteiger partial charge on any atom is 0.184 e. The fourth-order valence-electron chi connectivity index (χ4n) is 3.60. The van der Waals surface area contributed by atoms with Crippen molar-refractivity contribution in [1.82, 2.24) is 0 Å². The van der Waals surface area contributed by atoms with Crippen molar-refractivity contribution >= 4 is 11.8 Å². The van der Waals surface area contributed by atoms with Crippen molar-refractivity contribution in [2.24, 2.45) is 0 Å². The van der Waals surface area contributed by atoms with Gasteiger partial charge < -0.3 is 24.1 Å². The normalized spacial score (nSPS) is 32.6. The lowest BCUT2D eigenvalue weighted by molar-refractivity contribution is -0.325. The van der Waals surface area contributed by atoms with E-state index in [1.165, 1.54) is 0 Å². The molecule has 150 valence electrons. The van der Waals surface area contributed by atoms with Gasteiger partial charge in [0.1, 0.15) is 29.9 Å². The van der Waals surface area contributed by atoms with Gasteiger partial charge in [0.05, 0.1) is 13.2 Å². The largest absolute Gasteiger partial charge is 0.387 e. The molecule has 5 nitrogen and oxygen atoms in total. The van der Waals surface area contributed by atoms with Crippen LogP contribution in [0.1, 0.15) is 24.3 Å². The van der Waals surface area contributed by atoms with E-state index < -0.39 is 24.6 Å². The summed E-state index contributed by atoms with van der Waals surface area (Å²) in [7, 11) is 0. The fourth-order valence-corrected chi connectivity index (χ4v) is 4.50. The number of hydrogen-bond donors (Lipinski definition) is 1. The predicted octanol–water partition coefficient (Wildman–Crippen LogP) is 3.52. The van der Waals surface area contributed by atoms with Gasteiger partial charge in [0, 0.05) is 5.56 Å². The van der Waals surface area contributed by atoms with Crippen molar-refractivity contribution in [3.63, 3.8) is 0 Å². The van der Waals surface area contributed by atoms with Crippen molar-refractivity contribution in [3.8, 4) is 0 Å². The summed E-state index contributed by atoms with van der Waals surface area (Å²) in [5.74, 6) is 0.846. The van der Waals surface area contributed by atoms with Gasteiger partial charge in [0.15, 0.2) is 6.29 Å². The molecule has 0 aliphatic carbocycles. The second-order valence-electron chi connectivity index (χ2n) is 6.93. The number of hydrogen-bond acceptors (Lipinski definition) is 6. The summed E-state index contributed by atoms with van der Waals surface area (Å²) in [5, 5.41) is 10.9. The van der Waals surface area contributed by atoms with Crippen LogP contribution < -0.4 is 0 Å². The molecule has 1 N–H and O–H groups in total. The lowest BCUT2D eigenvalue weighted by atomic mass is 9.98. The zero-order valence-electron chi connectivity index (χ0n) is 15.8. The first-order valence-electron chi connectivity index (χ1n) is 9.69. The second kappa shape index (κ2) is 9.39. The smallest absolute Gasteiger partial charge is 0.184 e. The van der Waals surface area contributed by atoms with E-state index in [0.29, 0.717) is 13.2 Å². The second-order valence-corrected chi connectivity index (χ2v) is 8.30. The molecular weight excluding hydrogens is 376 g/mol. The van der Waals surface area contributed by atoms with Crippen LogP contribution in [0.15, 0.2) is 60.7 Å². The lowest BCUT2D eigenvalue weighted by Gasteiger charge is -2.47. The number of rotatable bonds is 6. The van der Waals surface area contributed by atoms with Crippen molar-refractivity contribution in [2.45, 2.75) is 49.7 Å². The van der Waals surface area contributed by atoms with Crippen molar-refractivity contribution in [2.75, 3.05) is 12.4 Å². The minimum absolute atomic E-state index is 0.270. The van der Waals surface area contributed by atoms with Crippen molar-refractivity contribution < 1.29 is 24.1 Å². The molecule has 0 aromatic heterocycles. The molecule has 2 aliphatic rings. The number of fused-ring (bicyclic) bond motifs is 1. The van der Waals surface area contributed by atoms with Gasteiger partial charge in [-0.1, -0.05) is 67.6 Å². The summed E-state index contributed by atoms with van der Waals surface area (Å²) < 4.78 is 24.4. The SMILES string of the molecule is CCSC1OC2COC(c3ccccc3)OC2C(OCc2ccccc2)C1O. The van der Waals surface area contributed by atoms with E-state index in [4.69, 9.17) is 18.9 Å². The molecule has 6 atom stereocenters. The maximum atomic E-state index is 10.9. The third-order valence-electron chi connectivity index (χ3n) is 5.00. The van der Waals surface area contributed by atoms with E-state index in [1.807, 2.05) is 67.6 Å². The number of benzene rings is 2. The quantitative estimate of drug-likeness (QED) is 0.798.